The number of hydrogen-bond acceptors (Lipinski definition) is 1. The molecule has 2 nitrogen and oxygen atoms in total. The van der Waals surface area contributed by atoms with E-state index in [2.05, 4.69) is 6.08 Å². The molecule has 1 saturated carbocycles. The van der Waals surface area contributed by atoms with Gasteiger partial charge in [0.15, 0.2) is 0 Å². The van der Waals surface area contributed by atoms with Crippen LogP contribution in [0.1, 0.15) is 32.1 Å². The summed E-state index contributed by atoms with van der Waals surface area (Å²) in [5.41, 5.74) is 6.40. The van der Waals surface area contributed by atoms with Gasteiger partial charge in [-0.05, 0) is 24.7 Å². The van der Waals surface area contributed by atoms with Gasteiger partial charge in [-0.15, -0.1) is 0 Å². The molecule has 11 heavy (non-hydrogen) atoms. The molecule has 1 spiro atoms. The Morgan fingerprint density at radius 1 is 1.45 bits per heavy atom. The summed E-state index contributed by atoms with van der Waals surface area (Å²) in [4.78, 5) is 10.7. The molecule has 1 fully saturated rings. The maximum absolute atomic E-state index is 10.7. The zero-order valence-electron chi connectivity index (χ0n) is 6.60. The Morgan fingerprint density at radius 2 is 2.00 bits per heavy atom. The molecule has 0 heterocycles. The Labute approximate surface area is 66.5 Å². The number of nitrogens with two attached hydrogens (primary N) is 1. The van der Waals surface area contributed by atoms with E-state index >= 15 is 0 Å². The average molecular weight is 151 g/mol. The fourth-order valence-corrected chi connectivity index (χ4v) is 2.28. The molecule has 0 aromatic carbocycles. The number of carbonyl (C=O) groups is 1. The molecule has 2 heteroatoms. The third kappa shape index (κ3) is 0.971. The molecule has 2 aliphatic carbocycles. The first kappa shape index (κ1) is 6.89. The van der Waals surface area contributed by atoms with Gasteiger partial charge in [0.25, 0.3) is 0 Å². The number of allylic oxidation sites excluding steroid dienone is 1. The topological polar surface area (TPSA) is 43.1 Å². The zero-order chi connectivity index (χ0) is 7.90. The van der Waals surface area contributed by atoms with E-state index in [1.807, 2.05) is 0 Å². The van der Waals surface area contributed by atoms with E-state index in [0.717, 1.165) is 12.0 Å². The molecule has 2 aliphatic rings. The molecule has 0 saturated heterocycles. The first-order valence-corrected chi connectivity index (χ1v) is 4.23. The van der Waals surface area contributed by atoms with Crippen molar-refractivity contribution in [1.82, 2.24) is 0 Å². The minimum absolute atomic E-state index is 0.220. The summed E-state index contributed by atoms with van der Waals surface area (Å²) in [5.74, 6) is -0.220. The van der Waals surface area contributed by atoms with Crippen molar-refractivity contribution in [2.75, 3.05) is 0 Å². The molecule has 0 radical (unpaired) electrons. The van der Waals surface area contributed by atoms with Crippen LogP contribution in [-0.4, -0.2) is 5.91 Å². The van der Waals surface area contributed by atoms with Gasteiger partial charge in [0.2, 0.25) is 5.91 Å². The lowest BCUT2D eigenvalue weighted by Crippen LogP contribution is -2.30. The molecule has 0 atom stereocenters. The van der Waals surface area contributed by atoms with Gasteiger partial charge in [-0.2, -0.15) is 0 Å². The minimum Gasteiger partial charge on any atom is -0.366 e. The van der Waals surface area contributed by atoms with Gasteiger partial charge in [0.05, 0.1) is 0 Å². The molecule has 60 valence electrons. The van der Waals surface area contributed by atoms with Crippen LogP contribution in [-0.2, 0) is 4.79 Å². The van der Waals surface area contributed by atoms with E-state index in [4.69, 9.17) is 5.73 Å². The van der Waals surface area contributed by atoms with Crippen molar-refractivity contribution in [3.05, 3.63) is 11.6 Å². The second kappa shape index (κ2) is 2.10. The first-order chi connectivity index (χ1) is 5.22. The molecule has 2 N–H and O–H groups in total. The Kier molecular flexibility index (Phi) is 1.31. The van der Waals surface area contributed by atoms with Gasteiger partial charge < -0.3 is 5.73 Å². The molecular formula is C9H13NO. The highest BCUT2D eigenvalue weighted by atomic mass is 16.1. The second-order valence-corrected chi connectivity index (χ2v) is 3.78. The number of primary amides is 1. The van der Waals surface area contributed by atoms with Crippen molar-refractivity contribution in [2.45, 2.75) is 32.1 Å². The Bertz CT molecular complexity index is 224. The molecule has 0 aromatic rings. The van der Waals surface area contributed by atoms with Gasteiger partial charge >= 0.3 is 0 Å². The Hall–Kier alpha value is -0.790. The van der Waals surface area contributed by atoms with Gasteiger partial charge in [-0.3, -0.25) is 4.79 Å². The monoisotopic (exact) mass is 151 g/mol. The van der Waals surface area contributed by atoms with E-state index in [-0.39, 0.29) is 5.91 Å². The summed E-state index contributed by atoms with van der Waals surface area (Å²) in [6, 6.07) is 0. The number of carbonyl (C=O) groups excluding carboxylic acids is 1. The van der Waals surface area contributed by atoms with Crippen molar-refractivity contribution in [3.8, 4) is 0 Å². The summed E-state index contributed by atoms with van der Waals surface area (Å²) in [6.45, 7) is 0. The summed E-state index contributed by atoms with van der Waals surface area (Å²) in [7, 11) is 0. The van der Waals surface area contributed by atoms with Crippen LogP contribution in [0.25, 0.3) is 0 Å². The maximum atomic E-state index is 10.7. The molecule has 1 amide bonds. The van der Waals surface area contributed by atoms with Crippen molar-refractivity contribution in [2.24, 2.45) is 11.1 Å². The quantitative estimate of drug-likeness (QED) is 0.604. The molecule has 0 unspecified atom stereocenters. The normalized spacial score (nSPS) is 26.4. The van der Waals surface area contributed by atoms with Crippen molar-refractivity contribution in [3.63, 3.8) is 0 Å². The number of rotatable bonds is 1. The van der Waals surface area contributed by atoms with Crippen LogP contribution in [0.5, 0.6) is 0 Å². The molecular weight excluding hydrogens is 138 g/mol. The lowest BCUT2D eigenvalue weighted by molar-refractivity contribution is -0.115. The van der Waals surface area contributed by atoms with Crippen LogP contribution in [0.15, 0.2) is 11.6 Å². The van der Waals surface area contributed by atoms with Crippen molar-refractivity contribution >= 4 is 5.91 Å². The lowest BCUT2D eigenvalue weighted by atomic mass is 9.69. The minimum atomic E-state index is -0.220. The van der Waals surface area contributed by atoms with Gasteiger partial charge in [0, 0.05) is 5.57 Å². The van der Waals surface area contributed by atoms with E-state index in [1.165, 1.54) is 25.7 Å². The summed E-state index contributed by atoms with van der Waals surface area (Å²) < 4.78 is 0. The summed E-state index contributed by atoms with van der Waals surface area (Å²) in [5, 5.41) is 0. The standard InChI is InChI=1S/C9H13NO/c10-8(11)7-5-9(6-7)3-1-2-4-9/h5H,1-4,6H2,(H2,10,11). The number of amides is 1. The van der Waals surface area contributed by atoms with Gasteiger partial charge in [-0.1, -0.05) is 18.9 Å². The van der Waals surface area contributed by atoms with Crippen LogP contribution in [0, 0.1) is 5.41 Å². The fraction of sp³-hybridized carbons (Fsp3) is 0.667. The van der Waals surface area contributed by atoms with Crippen molar-refractivity contribution in [1.29, 1.82) is 0 Å². The second-order valence-electron chi connectivity index (χ2n) is 3.78. The van der Waals surface area contributed by atoms with Crippen LogP contribution < -0.4 is 5.73 Å². The molecule has 2 rings (SSSR count). The molecule has 0 aliphatic heterocycles. The van der Waals surface area contributed by atoms with Crippen LogP contribution in [0.3, 0.4) is 0 Å². The summed E-state index contributed by atoms with van der Waals surface area (Å²) in [6.07, 6.45) is 8.23. The van der Waals surface area contributed by atoms with Crippen LogP contribution >= 0.6 is 0 Å². The first-order valence-electron chi connectivity index (χ1n) is 4.23. The maximum Gasteiger partial charge on any atom is 0.244 e. The van der Waals surface area contributed by atoms with E-state index in [9.17, 15) is 4.79 Å². The van der Waals surface area contributed by atoms with Crippen LogP contribution in [0.2, 0.25) is 0 Å². The molecule has 0 bridgehead atoms. The number of hydrogen-bond donors (Lipinski definition) is 1. The summed E-state index contributed by atoms with van der Waals surface area (Å²) >= 11 is 0. The van der Waals surface area contributed by atoms with E-state index < -0.39 is 0 Å². The van der Waals surface area contributed by atoms with Gasteiger partial charge in [-0.25, -0.2) is 0 Å². The predicted molar refractivity (Wildman–Crippen MR) is 42.8 cm³/mol. The third-order valence-electron chi connectivity index (χ3n) is 2.94. The zero-order valence-corrected chi connectivity index (χ0v) is 6.60. The fourth-order valence-electron chi connectivity index (χ4n) is 2.28. The highest BCUT2D eigenvalue weighted by Gasteiger charge is 2.40. The largest absolute Gasteiger partial charge is 0.366 e. The third-order valence-corrected chi connectivity index (χ3v) is 2.94. The van der Waals surface area contributed by atoms with Crippen LogP contribution in [0.4, 0.5) is 0 Å². The van der Waals surface area contributed by atoms with E-state index in [0.29, 0.717) is 5.41 Å². The van der Waals surface area contributed by atoms with E-state index in [1.54, 1.807) is 0 Å². The highest BCUT2D eigenvalue weighted by Crippen LogP contribution is 2.51. The predicted octanol–water partition coefficient (Wildman–Crippen LogP) is 1.36. The lowest BCUT2D eigenvalue weighted by Gasteiger charge is -2.34. The smallest absolute Gasteiger partial charge is 0.244 e. The SMILES string of the molecule is NC(=O)C1=CC2(CCCC2)C1. The molecule has 0 aromatic heterocycles. The Morgan fingerprint density at radius 3 is 2.45 bits per heavy atom. The Balaban J connectivity index is 2.09. The average Bonchev–Trinajstić information content (AvgIpc) is 2.29. The highest BCUT2D eigenvalue weighted by molar-refractivity contribution is 5.93. The van der Waals surface area contributed by atoms with Gasteiger partial charge in [0.1, 0.15) is 0 Å². The van der Waals surface area contributed by atoms with Crippen molar-refractivity contribution < 1.29 is 4.79 Å².